The van der Waals surface area contributed by atoms with Crippen LogP contribution >= 0.6 is 0 Å². The third kappa shape index (κ3) is 5.39. The van der Waals surface area contributed by atoms with Crippen LogP contribution in [0, 0.1) is 0 Å². The van der Waals surface area contributed by atoms with Crippen LogP contribution in [0.4, 0.5) is 5.69 Å². The van der Waals surface area contributed by atoms with E-state index in [2.05, 4.69) is 27.8 Å². The summed E-state index contributed by atoms with van der Waals surface area (Å²) in [4.78, 5) is 4.28. The standard InChI is InChI=1S/C20H27N3O3/c1-5-26-18-11-10-17(12-19(18)25-4)23-20(21-2)22-13-15-8-6-7-9-16(15)14-24-3/h6-12H,5,13-14H2,1-4H3,(H2,21,22,23). The lowest BCUT2D eigenvalue weighted by Gasteiger charge is -2.15. The highest BCUT2D eigenvalue weighted by atomic mass is 16.5. The Kier molecular flexibility index (Phi) is 7.76. The van der Waals surface area contributed by atoms with Crippen LogP contribution in [0.1, 0.15) is 18.1 Å². The quantitative estimate of drug-likeness (QED) is 0.560. The van der Waals surface area contributed by atoms with Crippen molar-refractivity contribution in [2.75, 3.05) is 33.2 Å². The number of benzene rings is 2. The van der Waals surface area contributed by atoms with Gasteiger partial charge in [-0.25, -0.2) is 0 Å². The van der Waals surface area contributed by atoms with Crippen LogP contribution in [0.25, 0.3) is 0 Å². The van der Waals surface area contributed by atoms with Crippen molar-refractivity contribution in [2.24, 2.45) is 4.99 Å². The number of aliphatic imine (C=N–C) groups is 1. The molecule has 2 N–H and O–H groups in total. The second kappa shape index (κ2) is 10.3. The van der Waals surface area contributed by atoms with E-state index in [0.29, 0.717) is 31.5 Å². The third-order valence-corrected chi connectivity index (χ3v) is 3.81. The Bertz CT molecular complexity index is 732. The molecule has 0 spiro atoms. The number of hydrogen-bond donors (Lipinski definition) is 2. The number of ether oxygens (including phenoxy) is 3. The summed E-state index contributed by atoms with van der Waals surface area (Å²) in [6, 6.07) is 13.9. The Hall–Kier alpha value is -2.73. The van der Waals surface area contributed by atoms with Crippen molar-refractivity contribution in [3.63, 3.8) is 0 Å². The Labute approximate surface area is 155 Å². The second-order valence-corrected chi connectivity index (χ2v) is 5.55. The third-order valence-electron chi connectivity index (χ3n) is 3.81. The zero-order valence-corrected chi connectivity index (χ0v) is 15.8. The number of hydrogen-bond acceptors (Lipinski definition) is 4. The Morgan fingerprint density at radius 3 is 2.46 bits per heavy atom. The molecule has 0 bridgehead atoms. The highest BCUT2D eigenvalue weighted by Gasteiger charge is 2.08. The molecular formula is C20H27N3O3. The summed E-state index contributed by atoms with van der Waals surface area (Å²) >= 11 is 0. The van der Waals surface area contributed by atoms with E-state index in [-0.39, 0.29) is 0 Å². The Morgan fingerprint density at radius 1 is 1.04 bits per heavy atom. The molecule has 2 rings (SSSR count). The molecule has 6 heteroatoms. The van der Waals surface area contributed by atoms with E-state index >= 15 is 0 Å². The molecule has 0 aliphatic carbocycles. The highest BCUT2D eigenvalue weighted by molar-refractivity contribution is 5.93. The molecular weight excluding hydrogens is 330 g/mol. The van der Waals surface area contributed by atoms with Crippen molar-refractivity contribution in [3.05, 3.63) is 53.6 Å². The molecule has 0 radical (unpaired) electrons. The van der Waals surface area contributed by atoms with Gasteiger partial charge in [0.2, 0.25) is 0 Å². The Morgan fingerprint density at radius 2 is 1.81 bits per heavy atom. The van der Waals surface area contributed by atoms with Gasteiger partial charge in [0, 0.05) is 32.5 Å². The van der Waals surface area contributed by atoms with E-state index in [1.165, 1.54) is 5.56 Å². The topological polar surface area (TPSA) is 64.1 Å². The normalized spacial score (nSPS) is 11.2. The maximum absolute atomic E-state index is 5.55. The van der Waals surface area contributed by atoms with Gasteiger partial charge in [-0.3, -0.25) is 4.99 Å². The molecule has 0 aliphatic rings. The number of rotatable bonds is 8. The Balaban J connectivity index is 2.04. The summed E-state index contributed by atoms with van der Waals surface area (Å²) in [6.07, 6.45) is 0. The molecule has 0 unspecified atom stereocenters. The molecule has 26 heavy (non-hydrogen) atoms. The van der Waals surface area contributed by atoms with Gasteiger partial charge in [-0.05, 0) is 30.2 Å². The first-order valence-electron chi connectivity index (χ1n) is 8.56. The molecule has 0 saturated carbocycles. The summed E-state index contributed by atoms with van der Waals surface area (Å²) in [5.74, 6) is 2.07. The number of nitrogens with zero attached hydrogens (tertiary/aromatic N) is 1. The molecule has 140 valence electrons. The lowest BCUT2D eigenvalue weighted by molar-refractivity contribution is 0.184. The number of guanidine groups is 1. The van der Waals surface area contributed by atoms with E-state index in [0.717, 1.165) is 17.0 Å². The van der Waals surface area contributed by atoms with E-state index in [1.807, 2.05) is 37.3 Å². The molecule has 0 heterocycles. The van der Waals surface area contributed by atoms with Gasteiger partial charge >= 0.3 is 0 Å². The first kappa shape index (κ1) is 19.6. The lowest BCUT2D eigenvalue weighted by Crippen LogP contribution is -2.30. The van der Waals surface area contributed by atoms with Crippen LogP contribution in [0.3, 0.4) is 0 Å². The fourth-order valence-electron chi connectivity index (χ4n) is 2.54. The average Bonchev–Trinajstić information content (AvgIpc) is 2.67. The van der Waals surface area contributed by atoms with Crippen molar-refractivity contribution in [2.45, 2.75) is 20.1 Å². The largest absolute Gasteiger partial charge is 0.493 e. The molecule has 0 aliphatic heterocycles. The van der Waals surface area contributed by atoms with E-state index in [9.17, 15) is 0 Å². The van der Waals surface area contributed by atoms with Crippen molar-refractivity contribution in [3.8, 4) is 11.5 Å². The average molecular weight is 357 g/mol. The maximum atomic E-state index is 5.55. The smallest absolute Gasteiger partial charge is 0.195 e. The first-order chi connectivity index (χ1) is 12.7. The fraction of sp³-hybridized carbons (Fsp3) is 0.350. The summed E-state index contributed by atoms with van der Waals surface area (Å²) in [6.45, 7) is 3.76. The zero-order chi connectivity index (χ0) is 18.8. The summed E-state index contributed by atoms with van der Waals surface area (Å²) in [5, 5.41) is 6.59. The van der Waals surface area contributed by atoms with Gasteiger partial charge in [-0.2, -0.15) is 0 Å². The monoisotopic (exact) mass is 357 g/mol. The molecule has 0 saturated heterocycles. The van der Waals surface area contributed by atoms with Gasteiger partial charge in [0.1, 0.15) is 0 Å². The van der Waals surface area contributed by atoms with Gasteiger partial charge in [0.05, 0.1) is 20.3 Å². The SMILES string of the molecule is CCOc1ccc(NC(=NC)NCc2ccccc2COC)cc1OC. The second-order valence-electron chi connectivity index (χ2n) is 5.55. The van der Waals surface area contributed by atoms with Crippen LogP contribution in [-0.4, -0.2) is 33.8 Å². The van der Waals surface area contributed by atoms with Gasteiger partial charge in [0.15, 0.2) is 17.5 Å². The van der Waals surface area contributed by atoms with Crippen molar-refractivity contribution >= 4 is 11.6 Å². The van der Waals surface area contributed by atoms with Gasteiger partial charge in [-0.1, -0.05) is 24.3 Å². The fourth-order valence-corrected chi connectivity index (χ4v) is 2.54. The van der Waals surface area contributed by atoms with Crippen LogP contribution in [0.15, 0.2) is 47.5 Å². The van der Waals surface area contributed by atoms with Crippen LogP contribution in [0.2, 0.25) is 0 Å². The van der Waals surface area contributed by atoms with Crippen LogP contribution in [-0.2, 0) is 17.9 Å². The molecule has 0 atom stereocenters. The first-order valence-corrected chi connectivity index (χ1v) is 8.56. The predicted octanol–water partition coefficient (Wildman–Crippen LogP) is 3.43. The molecule has 2 aromatic carbocycles. The minimum atomic E-state index is 0.583. The zero-order valence-electron chi connectivity index (χ0n) is 15.8. The van der Waals surface area contributed by atoms with Gasteiger partial charge < -0.3 is 24.8 Å². The number of anilines is 1. The minimum absolute atomic E-state index is 0.583. The molecule has 0 aromatic heterocycles. The molecule has 6 nitrogen and oxygen atoms in total. The van der Waals surface area contributed by atoms with Gasteiger partial charge in [-0.15, -0.1) is 0 Å². The van der Waals surface area contributed by atoms with E-state index < -0.39 is 0 Å². The number of nitrogens with one attached hydrogen (secondary N) is 2. The summed E-state index contributed by atoms with van der Waals surface area (Å²) in [5.41, 5.74) is 3.19. The van der Waals surface area contributed by atoms with Crippen LogP contribution < -0.4 is 20.1 Å². The van der Waals surface area contributed by atoms with Gasteiger partial charge in [0.25, 0.3) is 0 Å². The molecule has 0 fully saturated rings. The predicted molar refractivity (Wildman–Crippen MR) is 105 cm³/mol. The van der Waals surface area contributed by atoms with Crippen molar-refractivity contribution < 1.29 is 14.2 Å². The number of methoxy groups -OCH3 is 2. The van der Waals surface area contributed by atoms with Crippen molar-refractivity contribution in [1.82, 2.24) is 5.32 Å². The lowest BCUT2D eigenvalue weighted by atomic mass is 10.1. The van der Waals surface area contributed by atoms with Crippen molar-refractivity contribution in [1.29, 1.82) is 0 Å². The molecule has 0 amide bonds. The molecule has 2 aromatic rings. The maximum Gasteiger partial charge on any atom is 0.195 e. The summed E-state index contributed by atoms with van der Waals surface area (Å²) < 4.78 is 16.2. The highest BCUT2D eigenvalue weighted by Crippen LogP contribution is 2.30. The van der Waals surface area contributed by atoms with E-state index in [4.69, 9.17) is 14.2 Å². The van der Waals surface area contributed by atoms with E-state index in [1.54, 1.807) is 21.3 Å². The minimum Gasteiger partial charge on any atom is -0.493 e. The summed E-state index contributed by atoms with van der Waals surface area (Å²) in [7, 11) is 5.06. The van der Waals surface area contributed by atoms with Crippen LogP contribution in [0.5, 0.6) is 11.5 Å².